The molecule has 23 heavy (non-hydrogen) atoms. The fourth-order valence-electron chi connectivity index (χ4n) is 1.76. The highest BCUT2D eigenvalue weighted by molar-refractivity contribution is 7.92. The number of hydrogen-bond donors (Lipinski definition) is 1. The SMILES string of the molecule is O=Cc1cccc(OC(F)(F)F)c1NS(=O)(=O)c1ccccc1. The number of para-hydroxylation sites is 1. The van der Waals surface area contributed by atoms with E-state index in [1.165, 1.54) is 30.3 Å². The zero-order valence-electron chi connectivity index (χ0n) is 11.4. The molecular formula is C14H10F3NO4S. The monoisotopic (exact) mass is 345 g/mol. The summed E-state index contributed by atoms with van der Waals surface area (Å²) in [6, 6.07) is 10.2. The van der Waals surface area contributed by atoms with Crippen molar-refractivity contribution in [3.05, 3.63) is 54.1 Å². The zero-order valence-corrected chi connectivity index (χ0v) is 12.2. The van der Waals surface area contributed by atoms with E-state index in [1.54, 1.807) is 6.07 Å². The lowest BCUT2D eigenvalue weighted by Gasteiger charge is -2.16. The zero-order chi connectivity index (χ0) is 17.1. The number of anilines is 1. The van der Waals surface area contributed by atoms with Gasteiger partial charge in [0.2, 0.25) is 0 Å². The van der Waals surface area contributed by atoms with E-state index in [0.29, 0.717) is 0 Å². The molecule has 0 aliphatic rings. The van der Waals surface area contributed by atoms with Gasteiger partial charge in [0.1, 0.15) is 5.69 Å². The molecule has 0 radical (unpaired) electrons. The predicted octanol–water partition coefficient (Wildman–Crippen LogP) is 3.20. The number of halogens is 3. The second kappa shape index (κ2) is 6.29. The number of carbonyl (C=O) groups excluding carboxylic acids is 1. The van der Waals surface area contributed by atoms with Crippen molar-refractivity contribution in [2.45, 2.75) is 11.3 Å². The molecule has 0 aromatic heterocycles. The third-order valence-electron chi connectivity index (χ3n) is 2.70. The summed E-state index contributed by atoms with van der Waals surface area (Å²) in [7, 11) is -4.18. The van der Waals surface area contributed by atoms with Crippen LogP contribution in [0.15, 0.2) is 53.4 Å². The third kappa shape index (κ3) is 4.22. The highest BCUT2D eigenvalue weighted by atomic mass is 32.2. The number of ether oxygens (including phenoxy) is 1. The van der Waals surface area contributed by atoms with E-state index in [4.69, 9.17) is 0 Å². The number of sulfonamides is 1. The van der Waals surface area contributed by atoms with Crippen LogP contribution in [0.4, 0.5) is 18.9 Å². The summed E-state index contributed by atoms with van der Waals surface area (Å²) in [6.45, 7) is 0. The summed E-state index contributed by atoms with van der Waals surface area (Å²) >= 11 is 0. The van der Waals surface area contributed by atoms with Crippen LogP contribution in [0.25, 0.3) is 0 Å². The summed E-state index contributed by atoms with van der Waals surface area (Å²) in [6.07, 6.45) is -4.81. The summed E-state index contributed by atoms with van der Waals surface area (Å²) in [5, 5.41) is 0. The molecule has 0 saturated heterocycles. The number of hydrogen-bond acceptors (Lipinski definition) is 4. The van der Waals surface area contributed by atoms with E-state index < -0.39 is 27.8 Å². The average Bonchev–Trinajstić information content (AvgIpc) is 2.48. The van der Waals surface area contributed by atoms with Crippen molar-refractivity contribution in [2.24, 2.45) is 0 Å². The van der Waals surface area contributed by atoms with Crippen LogP contribution in [-0.4, -0.2) is 21.1 Å². The van der Waals surface area contributed by atoms with E-state index in [2.05, 4.69) is 4.74 Å². The minimum atomic E-state index is -5.03. The van der Waals surface area contributed by atoms with E-state index in [-0.39, 0.29) is 16.7 Å². The fraction of sp³-hybridized carbons (Fsp3) is 0.0714. The van der Waals surface area contributed by atoms with Crippen LogP contribution in [0.1, 0.15) is 10.4 Å². The van der Waals surface area contributed by atoms with Crippen molar-refractivity contribution >= 4 is 22.0 Å². The molecule has 0 atom stereocenters. The standard InChI is InChI=1S/C14H10F3NO4S/c15-14(16,17)22-12-8-4-5-10(9-19)13(12)18-23(20,21)11-6-2-1-3-7-11/h1-9,18H. The van der Waals surface area contributed by atoms with E-state index in [9.17, 15) is 26.4 Å². The Labute approximate surface area is 129 Å². The van der Waals surface area contributed by atoms with Crippen LogP contribution in [0.2, 0.25) is 0 Å². The van der Waals surface area contributed by atoms with E-state index in [1.807, 2.05) is 4.72 Å². The molecule has 0 aliphatic carbocycles. The van der Waals surface area contributed by atoms with E-state index >= 15 is 0 Å². The topological polar surface area (TPSA) is 72.5 Å². The highest BCUT2D eigenvalue weighted by Gasteiger charge is 2.33. The first-order chi connectivity index (χ1) is 10.7. The van der Waals surface area contributed by atoms with Crippen LogP contribution >= 0.6 is 0 Å². The third-order valence-corrected chi connectivity index (χ3v) is 4.07. The molecule has 9 heteroatoms. The van der Waals surface area contributed by atoms with Gasteiger partial charge in [-0.1, -0.05) is 24.3 Å². The van der Waals surface area contributed by atoms with Gasteiger partial charge in [-0.05, 0) is 24.3 Å². The maximum Gasteiger partial charge on any atom is 0.573 e. The molecule has 2 rings (SSSR count). The Morgan fingerprint density at radius 1 is 1.00 bits per heavy atom. The predicted molar refractivity (Wildman–Crippen MR) is 75.8 cm³/mol. The number of alkyl halides is 3. The molecule has 0 heterocycles. The van der Waals surface area contributed by atoms with Gasteiger partial charge in [0.05, 0.1) is 4.90 Å². The minimum Gasteiger partial charge on any atom is -0.404 e. The summed E-state index contributed by atoms with van der Waals surface area (Å²) in [4.78, 5) is 10.8. The molecule has 0 spiro atoms. The lowest BCUT2D eigenvalue weighted by molar-refractivity contribution is -0.274. The summed E-state index contributed by atoms with van der Waals surface area (Å²) in [5.74, 6) is -0.818. The molecule has 2 aromatic carbocycles. The van der Waals surface area contributed by atoms with Crippen LogP contribution in [0, 0.1) is 0 Å². The van der Waals surface area contributed by atoms with Gasteiger partial charge >= 0.3 is 6.36 Å². The van der Waals surface area contributed by atoms with Crippen molar-refractivity contribution < 1.29 is 31.1 Å². The van der Waals surface area contributed by atoms with E-state index in [0.717, 1.165) is 12.1 Å². The van der Waals surface area contributed by atoms with Crippen LogP contribution < -0.4 is 9.46 Å². The molecule has 2 aromatic rings. The van der Waals surface area contributed by atoms with Crippen molar-refractivity contribution in [3.63, 3.8) is 0 Å². The number of aldehydes is 1. The molecule has 0 fully saturated rings. The Bertz CT molecular complexity index is 805. The lowest BCUT2D eigenvalue weighted by Crippen LogP contribution is -2.20. The second-order valence-electron chi connectivity index (χ2n) is 4.30. The van der Waals surface area contributed by atoms with Gasteiger partial charge in [-0.2, -0.15) is 0 Å². The van der Waals surface area contributed by atoms with Gasteiger partial charge in [0.25, 0.3) is 10.0 Å². The maximum absolute atomic E-state index is 12.4. The Hall–Kier alpha value is -2.55. The number of rotatable bonds is 5. The fourth-order valence-corrected chi connectivity index (χ4v) is 2.88. The van der Waals surface area contributed by atoms with Gasteiger partial charge in [-0.3, -0.25) is 9.52 Å². The summed E-state index contributed by atoms with van der Waals surface area (Å²) < 4.78 is 67.5. The van der Waals surface area contributed by atoms with Crippen LogP contribution in [-0.2, 0) is 10.0 Å². The minimum absolute atomic E-state index is 0.168. The number of benzene rings is 2. The second-order valence-corrected chi connectivity index (χ2v) is 5.99. The van der Waals surface area contributed by atoms with Crippen molar-refractivity contribution in [1.29, 1.82) is 0 Å². The van der Waals surface area contributed by atoms with Crippen molar-refractivity contribution in [1.82, 2.24) is 0 Å². The molecule has 5 nitrogen and oxygen atoms in total. The maximum atomic E-state index is 12.4. The molecule has 0 aliphatic heterocycles. The summed E-state index contributed by atoms with van der Waals surface area (Å²) in [5.41, 5.74) is -0.866. The molecule has 0 amide bonds. The van der Waals surface area contributed by atoms with Crippen LogP contribution in [0.5, 0.6) is 5.75 Å². The highest BCUT2D eigenvalue weighted by Crippen LogP contribution is 2.33. The van der Waals surface area contributed by atoms with Gasteiger partial charge in [-0.25, -0.2) is 8.42 Å². The Morgan fingerprint density at radius 2 is 1.65 bits per heavy atom. The number of nitrogens with one attached hydrogen (secondary N) is 1. The molecule has 0 saturated carbocycles. The largest absolute Gasteiger partial charge is 0.573 e. The number of carbonyl (C=O) groups is 1. The van der Waals surface area contributed by atoms with Gasteiger partial charge in [0, 0.05) is 5.56 Å². The van der Waals surface area contributed by atoms with Crippen molar-refractivity contribution in [3.8, 4) is 5.75 Å². The first-order valence-corrected chi connectivity index (χ1v) is 7.63. The molecule has 0 unspecified atom stereocenters. The Kier molecular flexibility index (Phi) is 4.60. The Morgan fingerprint density at radius 3 is 2.22 bits per heavy atom. The molecule has 122 valence electrons. The molecule has 0 bridgehead atoms. The first kappa shape index (κ1) is 16.8. The molecule has 1 N–H and O–H groups in total. The quantitative estimate of drug-likeness (QED) is 0.845. The van der Waals surface area contributed by atoms with Gasteiger partial charge in [-0.15, -0.1) is 13.2 Å². The molecular weight excluding hydrogens is 335 g/mol. The normalized spacial score (nSPS) is 11.8. The first-order valence-electron chi connectivity index (χ1n) is 6.15. The van der Waals surface area contributed by atoms with Gasteiger partial charge < -0.3 is 4.74 Å². The van der Waals surface area contributed by atoms with Crippen molar-refractivity contribution in [2.75, 3.05) is 4.72 Å². The van der Waals surface area contributed by atoms with Crippen LogP contribution in [0.3, 0.4) is 0 Å². The average molecular weight is 345 g/mol. The lowest BCUT2D eigenvalue weighted by atomic mass is 10.2. The van der Waals surface area contributed by atoms with Gasteiger partial charge in [0.15, 0.2) is 12.0 Å². The Balaban J connectivity index is 2.48. The smallest absolute Gasteiger partial charge is 0.404 e.